The van der Waals surface area contributed by atoms with E-state index in [4.69, 9.17) is 4.42 Å². The number of thioether (sulfide) groups is 1. The Balaban J connectivity index is 1.35. The van der Waals surface area contributed by atoms with Gasteiger partial charge >= 0.3 is 0 Å². The maximum Gasteiger partial charge on any atom is 0.240 e. The SMILES string of the molecule is CN(Cc1ccoc1)C(=O)[C@@H]1C[C@@H](Sc2nc3ccccc3[nH]2)CN1Cc1ccc(F)cc1F. The molecule has 2 atom stereocenters. The monoisotopic (exact) mass is 482 g/mol. The van der Waals surface area contributed by atoms with Crippen LogP contribution >= 0.6 is 11.8 Å². The quantitative estimate of drug-likeness (QED) is 0.409. The fourth-order valence-corrected chi connectivity index (χ4v) is 5.56. The zero-order chi connectivity index (χ0) is 23.7. The number of likely N-dealkylation sites (tertiary alicyclic amines) is 1. The summed E-state index contributed by atoms with van der Waals surface area (Å²) in [5.41, 5.74) is 3.12. The van der Waals surface area contributed by atoms with Crippen LogP contribution in [-0.4, -0.2) is 50.6 Å². The summed E-state index contributed by atoms with van der Waals surface area (Å²) in [4.78, 5) is 25.0. The molecule has 6 nitrogen and oxygen atoms in total. The highest BCUT2D eigenvalue weighted by Gasteiger charge is 2.39. The molecule has 1 saturated heterocycles. The highest BCUT2D eigenvalue weighted by molar-refractivity contribution is 7.99. The molecule has 3 heterocycles. The largest absolute Gasteiger partial charge is 0.472 e. The van der Waals surface area contributed by atoms with Gasteiger partial charge in [-0.1, -0.05) is 30.0 Å². The van der Waals surface area contributed by atoms with Gasteiger partial charge in [-0.05, 0) is 30.7 Å². The van der Waals surface area contributed by atoms with Gasteiger partial charge in [0.2, 0.25) is 5.91 Å². The standard InChI is InChI=1S/C25H24F2N4O2S/c1-30(12-16-8-9-33-15-16)24(32)23-11-19(34-25-28-21-4-2-3-5-22(21)29-25)14-31(23)13-17-6-7-18(26)10-20(17)27/h2-10,15,19,23H,11-14H2,1H3,(H,28,29)/t19-,23+/m1/s1. The molecule has 9 heteroatoms. The van der Waals surface area contributed by atoms with E-state index < -0.39 is 17.7 Å². The number of likely N-dealkylation sites (N-methyl/N-ethyl adjacent to an activating group) is 1. The minimum Gasteiger partial charge on any atom is -0.472 e. The van der Waals surface area contributed by atoms with E-state index in [1.54, 1.807) is 36.2 Å². The molecule has 2 aromatic carbocycles. The van der Waals surface area contributed by atoms with Gasteiger partial charge in [-0.15, -0.1) is 0 Å². The first kappa shape index (κ1) is 22.6. The van der Waals surface area contributed by atoms with Crippen LogP contribution in [0.25, 0.3) is 11.0 Å². The molecule has 1 fully saturated rings. The third-order valence-corrected chi connectivity index (χ3v) is 7.15. The van der Waals surface area contributed by atoms with Gasteiger partial charge in [-0.2, -0.15) is 0 Å². The minimum atomic E-state index is -0.617. The molecular formula is C25H24F2N4O2S. The van der Waals surface area contributed by atoms with E-state index in [1.165, 1.54) is 12.1 Å². The predicted molar refractivity (Wildman–Crippen MR) is 126 cm³/mol. The van der Waals surface area contributed by atoms with Crippen molar-refractivity contribution in [3.63, 3.8) is 0 Å². The van der Waals surface area contributed by atoms with Crippen molar-refractivity contribution in [2.45, 2.75) is 36.0 Å². The third-order valence-electron chi connectivity index (χ3n) is 6.06. The van der Waals surface area contributed by atoms with Gasteiger partial charge in [0.1, 0.15) is 11.6 Å². The maximum absolute atomic E-state index is 14.4. The predicted octanol–water partition coefficient (Wildman–Crippen LogP) is 4.83. The number of hydrogen-bond acceptors (Lipinski definition) is 5. The van der Waals surface area contributed by atoms with Crippen molar-refractivity contribution in [1.82, 2.24) is 19.8 Å². The first-order valence-corrected chi connectivity index (χ1v) is 11.9. The molecular weight excluding hydrogens is 458 g/mol. The van der Waals surface area contributed by atoms with Crippen molar-refractivity contribution in [3.8, 4) is 0 Å². The molecule has 0 unspecified atom stereocenters. The van der Waals surface area contributed by atoms with Crippen LogP contribution in [0, 0.1) is 11.6 Å². The van der Waals surface area contributed by atoms with Crippen LogP contribution in [0.4, 0.5) is 8.78 Å². The summed E-state index contributed by atoms with van der Waals surface area (Å²) in [7, 11) is 1.76. The van der Waals surface area contributed by atoms with Crippen molar-refractivity contribution >= 4 is 28.7 Å². The van der Waals surface area contributed by atoms with Crippen LogP contribution in [0.1, 0.15) is 17.5 Å². The van der Waals surface area contributed by atoms with E-state index >= 15 is 0 Å². The number of aromatic nitrogens is 2. The summed E-state index contributed by atoms with van der Waals surface area (Å²) in [5.74, 6) is -1.27. The maximum atomic E-state index is 14.4. The lowest BCUT2D eigenvalue weighted by molar-refractivity contribution is -0.135. The number of fused-ring (bicyclic) bond motifs is 1. The number of nitrogens with one attached hydrogen (secondary N) is 1. The number of hydrogen-bond donors (Lipinski definition) is 1. The first-order chi connectivity index (χ1) is 16.5. The lowest BCUT2D eigenvalue weighted by Crippen LogP contribution is -2.43. The molecule has 1 aliphatic rings. The number of furan rings is 1. The number of carbonyl (C=O) groups is 1. The minimum absolute atomic E-state index is 0.0450. The molecule has 5 rings (SSSR count). The lowest BCUT2D eigenvalue weighted by atomic mass is 10.1. The Hall–Kier alpha value is -3.17. The highest BCUT2D eigenvalue weighted by atomic mass is 32.2. The summed E-state index contributed by atoms with van der Waals surface area (Å²) in [5, 5.41) is 0.874. The topological polar surface area (TPSA) is 65.4 Å². The Labute approximate surface area is 199 Å². The van der Waals surface area contributed by atoms with Crippen LogP contribution in [0.15, 0.2) is 70.6 Å². The molecule has 1 N–H and O–H groups in total. The number of nitrogens with zero attached hydrogens (tertiary/aromatic N) is 3. The Morgan fingerprint density at radius 1 is 1.26 bits per heavy atom. The van der Waals surface area contributed by atoms with Crippen LogP contribution < -0.4 is 0 Å². The summed E-state index contributed by atoms with van der Waals surface area (Å²) in [6.45, 7) is 1.22. The van der Waals surface area contributed by atoms with Crippen molar-refractivity contribution in [3.05, 3.63) is 83.8 Å². The molecule has 176 valence electrons. The number of benzene rings is 2. The van der Waals surface area contributed by atoms with Gasteiger partial charge in [0, 0.05) is 49.1 Å². The van der Waals surface area contributed by atoms with Crippen LogP contribution in [-0.2, 0) is 17.9 Å². The fourth-order valence-electron chi connectivity index (χ4n) is 4.38. The van der Waals surface area contributed by atoms with Crippen molar-refractivity contribution in [1.29, 1.82) is 0 Å². The van der Waals surface area contributed by atoms with Crippen LogP contribution in [0.2, 0.25) is 0 Å². The van der Waals surface area contributed by atoms with Crippen LogP contribution in [0.5, 0.6) is 0 Å². The summed E-state index contributed by atoms with van der Waals surface area (Å²) in [6, 6.07) is 12.8. The molecule has 0 saturated carbocycles. The second-order valence-electron chi connectivity index (χ2n) is 8.54. The number of imidazole rings is 1. The average molecular weight is 483 g/mol. The van der Waals surface area contributed by atoms with Gasteiger partial charge in [0.15, 0.2) is 5.16 Å². The summed E-state index contributed by atoms with van der Waals surface area (Å²) in [6.07, 6.45) is 3.79. The van der Waals surface area contributed by atoms with Gasteiger partial charge < -0.3 is 14.3 Å². The molecule has 0 aliphatic carbocycles. The Morgan fingerprint density at radius 2 is 2.12 bits per heavy atom. The van der Waals surface area contributed by atoms with E-state index in [2.05, 4.69) is 9.97 Å². The molecule has 0 spiro atoms. The molecule has 1 amide bonds. The Morgan fingerprint density at radius 3 is 2.88 bits per heavy atom. The Kier molecular flexibility index (Phi) is 6.38. The Bertz CT molecular complexity index is 1260. The zero-order valence-electron chi connectivity index (χ0n) is 18.6. The molecule has 4 aromatic rings. The van der Waals surface area contributed by atoms with Crippen molar-refractivity contribution in [2.24, 2.45) is 0 Å². The summed E-state index contributed by atoms with van der Waals surface area (Å²) >= 11 is 1.59. The normalized spacial score (nSPS) is 18.6. The fraction of sp³-hybridized carbons (Fsp3) is 0.280. The van der Waals surface area contributed by atoms with E-state index in [0.717, 1.165) is 27.8 Å². The molecule has 0 radical (unpaired) electrons. The molecule has 0 bridgehead atoms. The smallest absolute Gasteiger partial charge is 0.240 e. The number of rotatable bonds is 7. The second kappa shape index (κ2) is 9.60. The van der Waals surface area contributed by atoms with E-state index in [9.17, 15) is 13.6 Å². The van der Waals surface area contributed by atoms with Gasteiger partial charge in [-0.3, -0.25) is 9.69 Å². The third kappa shape index (κ3) is 4.85. The number of carbonyl (C=O) groups excluding carboxylic acids is 1. The van der Waals surface area contributed by atoms with Crippen molar-refractivity contribution < 1.29 is 18.0 Å². The molecule has 34 heavy (non-hydrogen) atoms. The van der Waals surface area contributed by atoms with Crippen molar-refractivity contribution in [2.75, 3.05) is 13.6 Å². The van der Waals surface area contributed by atoms with E-state index in [-0.39, 0.29) is 17.7 Å². The van der Waals surface area contributed by atoms with Crippen LogP contribution in [0.3, 0.4) is 0 Å². The highest BCUT2D eigenvalue weighted by Crippen LogP contribution is 2.34. The number of aromatic amines is 1. The van der Waals surface area contributed by atoms with Gasteiger partial charge in [-0.25, -0.2) is 13.8 Å². The number of halogens is 2. The number of amides is 1. The number of para-hydroxylation sites is 2. The zero-order valence-corrected chi connectivity index (χ0v) is 19.4. The van der Waals surface area contributed by atoms with E-state index in [0.29, 0.717) is 25.1 Å². The number of H-pyrrole nitrogens is 1. The lowest BCUT2D eigenvalue weighted by Gasteiger charge is -2.27. The van der Waals surface area contributed by atoms with E-state index in [1.807, 2.05) is 35.2 Å². The summed E-state index contributed by atoms with van der Waals surface area (Å²) < 4.78 is 32.9. The molecule has 2 aromatic heterocycles. The first-order valence-electron chi connectivity index (χ1n) is 11.0. The average Bonchev–Trinajstić information content (AvgIpc) is 3.55. The van der Waals surface area contributed by atoms with Gasteiger partial charge in [0.25, 0.3) is 0 Å². The van der Waals surface area contributed by atoms with Gasteiger partial charge in [0.05, 0.1) is 29.6 Å². The second-order valence-corrected chi connectivity index (χ2v) is 9.83. The molecule has 1 aliphatic heterocycles.